The van der Waals surface area contributed by atoms with E-state index in [1.54, 1.807) is 4.40 Å². The monoisotopic (exact) mass is 334 g/mol. The molecule has 1 saturated carbocycles. The van der Waals surface area contributed by atoms with Crippen LogP contribution in [0.25, 0.3) is 27.7 Å². The third kappa shape index (κ3) is 2.07. The van der Waals surface area contributed by atoms with E-state index in [9.17, 15) is 9.18 Å². The van der Waals surface area contributed by atoms with Crippen LogP contribution >= 0.6 is 0 Å². The van der Waals surface area contributed by atoms with Gasteiger partial charge in [-0.25, -0.2) is 9.37 Å². The zero-order chi connectivity index (χ0) is 17.1. The Hall–Kier alpha value is -3.15. The molecule has 25 heavy (non-hydrogen) atoms. The van der Waals surface area contributed by atoms with Crippen molar-refractivity contribution in [2.75, 3.05) is 5.73 Å². The smallest absolute Gasteiger partial charge is 0.189 e. The lowest BCUT2D eigenvalue weighted by molar-refractivity contribution is 0.0952. The van der Waals surface area contributed by atoms with Crippen molar-refractivity contribution in [3.05, 3.63) is 54.5 Å². The molecule has 0 radical (unpaired) electrons. The van der Waals surface area contributed by atoms with Crippen LogP contribution in [-0.2, 0) is 0 Å². The Morgan fingerprint density at radius 3 is 2.92 bits per heavy atom. The molecule has 3 aromatic heterocycles. The minimum absolute atomic E-state index is 0.154. The largest absolute Gasteiger partial charge is 0.382 e. The van der Waals surface area contributed by atoms with Crippen LogP contribution in [0, 0.1) is 5.92 Å². The number of fused-ring (bicyclic) bond motifs is 2. The van der Waals surface area contributed by atoms with Gasteiger partial charge in [0.1, 0.15) is 17.5 Å². The number of anilines is 1. The number of nitrogens with zero attached hydrogens (tertiary/aromatic N) is 2. The Morgan fingerprint density at radius 1 is 1.28 bits per heavy atom. The topological polar surface area (TPSA) is 76.2 Å². The van der Waals surface area contributed by atoms with Crippen LogP contribution in [0.3, 0.4) is 0 Å². The number of benzene rings is 1. The number of alkyl halides is 1. The number of pyridine rings is 1. The molecule has 0 saturated heterocycles. The van der Waals surface area contributed by atoms with E-state index < -0.39 is 12.1 Å². The summed E-state index contributed by atoms with van der Waals surface area (Å²) in [6.45, 7) is 0. The predicted octanol–water partition coefficient (Wildman–Crippen LogP) is 3.61. The molecule has 0 bridgehead atoms. The standard InChI is InChI=1S/C19H15FN4O/c20-14-8-13(14)18(25)17-19(21)23-16-5-4-10(9-24(16)17)11-2-1-3-15-12(11)6-7-22-15/h1-7,9,13-14,22H,8,21H2/t13-,14+/m1/s1. The quantitative estimate of drug-likeness (QED) is 0.562. The van der Waals surface area contributed by atoms with Gasteiger partial charge in [0.15, 0.2) is 11.6 Å². The highest BCUT2D eigenvalue weighted by Gasteiger charge is 2.45. The average molecular weight is 334 g/mol. The van der Waals surface area contributed by atoms with Crippen molar-refractivity contribution in [1.29, 1.82) is 0 Å². The lowest BCUT2D eigenvalue weighted by atomic mass is 10.0. The number of ketones is 1. The van der Waals surface area contributed by atoms with Gasteiger partial charge in [0.25, 0.3) is 0 Å². The number of rotatable bonds is 3. The fourth-order valence-electron chi connectivity index (χ4n) is 3.42. The minimum Gasteiger partial charge on any atom is -0.382 e. The molecule has 124 valence electrons. The van der Waals surface area contributed by atoms with Crippen LogP contribution < -0.4 is 5.73 Å². The minimum atomic E-state index is -1.06. The number of carbonyl (C=O) groups excluding carboxylic acids is 1. The van der Waals surface area contributed by atoms with Crippen molar-refractivity contribution < 1.29 is 9.18 Å². The molecular weight excluding hydrogens is 319 g/mol. The normalized spacial score (nSPS) is 19.6. The molecule has 3 N–H and O–H groups in total. The zero-order valence-electron chi connectivity index (χ0n) is 13.2. The number of nitrogens with two attached hydrogens (primary N) is 1. The summed E-state index contributed by atoms with van der Waals surface area (Å²) in [6, 6.07) is 11.8. The molecule has 0 unspecified atom stereocenters. The lowest BCUT2D eigenvalue weighted by Crippen LogP contribution is -2.10. The van der Waals surface area contributed by atoms with Crippen molar-refractivity contribution in [3.8, 4) is 11.1 Å². The molecule has 1 aliphatic rings. The summed E-state index contributed by atoms with van der Waals surface area (Å²) in [4.78, 5) is 20.0. The van der Waals surface area contributed by atoms with E-state index in [1.165, 1.54) is 0 Å². The highest BCUT2D eigenvalue weighted by molar-refractivity contribution is 6.03. The Bertz CT molecular complexity index is 1140. The van der Waals surface area contributed by atoms with Crippen molar-refractivity contribution in [1.82, 2.24) is 14.4 Å². The van der Waals surface area contributed by atoms with E-state index in [1.807, 2.05) is 48.8 Å². The van der Waals surface area contributed by atoms with E-state index in [-0.39, 0.29) is 23.7 Å². The van der Waals surface area contributed by atoms with E-state index in [0.717, 1.165) is 22.0 Å². The van der Waals surface area contributed by atoms with Crippen molar-refractivity contribution >= 4 is 28.2 Å². The van der Waals surface area contributed by atoms with Gasteiger partial charge in [0, 0.05) is 23.3 Å². The molecule has 5 rings (SSSR count). The highest BCUT2D eigenvalue weighted by atomic mass is 19.1. The first-order valence-electron chi connectivity index (χ1n) is 8.16. The summed E-state index contributed by atoms with van der Waals surface area (Å²) >= 11 is 0. The number of H-pyrrole nitrogens is 1. The Morgan fingerprint density at radius 2 is 2.12 bits per heavy atom. The van der Waals surface area contributed by atoms with Gasteiger partial charge in [-0.1, -0.05) is 12.1 Å². The second-order valence-electron chi connectivity index (χ2n) is 6.46. The molecule has 6 heteroatoms. The molecular formula is C19H15FN4O. The summed E-state index contributed by atoms with van der Waals surface area (Å²) in [5.74, 6) is -0.699. The first-order chi connectivity index (χ1) is 12.1. The van der Waals surface area contributed by atoms with E-state index >= 15 is 0 Å². The number of aromatic amines is 1. The van der Waals surface area contributed by atoms with Crippen molar-refractivity contribution in [3.63, 3.8) is 0 Å². The van der Waals surface area contributed by atoms with Crippen LogP contribution in [0.2, 0.25) is 0 Å². The fourth-order valence-corrected chi connectivity index (χ4v) is 3.42. The van der Waals surface area contributed by atoms with Gasteiger partial charge in [-0.05, 0) is 41.8 Å². The van der Waals surface area contributed by atoms with Gasteiger partial charge in [-0.15, -0.1) is 0 Å². The highest BCUT2D eigenvalue weighted by Crippen LogP contribution is 2.38. The maximum absolute atomic E-state index is 13.3. The van der Waals surface area contributed by atoms with Crippen LogP contribution in [0.15, 0.2) is 48.8 Å². The van der Waals surface area contributed by atoms with Gasteiger partial charge in [0.2, 0.25) is 0 Å². The molecule has 3 heterocycles. The van der Waals surface area contributed by atoms with Crippen molar-refractivity contribution in [2.24, 2.45) is 5.92 Å². The third-order valence-electron chi connectivity index (χ3n) is 4.83. The van der Waals surface area contributed by atoms with Crippen LogP contribution in [-0.4, -0.2) is 26.3 Å². The van der Waals surface area contributed by atoms with Gasteiger partial charge in [0.05, 0.1) is 5.92 Å². The Labute approximate surface area is 142 Å². The molecule has 1 fully saturated rings. The Kier molecular flexibility index (Phi) is 2.80. The third-order valence-corrected chi connectivity index (χ3v) is 4.83. The number of nitrogens with one attached hydrogen (secondary N) is 1. The number of hydrogen-bond acceptors (Lipinski definition) is 3. The number of imidazole rings is 1. The summed E-state index contributed by atoms with van der Waals surface area (Å²) in [6.07, 6.45) is 2.96. The van der Waals surface area contributed by atoms with Gasteiger partial charge >= 0.3 is 0 Å². The fraction of sp³-hybridized carbons (Fsp3) is 0.158. The van der Waals surface area contributed by atoms with Crippen LogP contribution in [0.4, 0.5) is 10.2 Å². The summed E-state index contributed by atoms with van der Waals surface area (Å²) in [5.41, 5.74) is 9.84. The molecule has 1 aliphatic carbocycles. The van der Waals surface area contributed by atoms with Crippen LogP contribution in [0.1, 0.15) is 16.9 Å². The number of nitrogen functional groups attached to an aromatic ring is 1. The average Bonchev–Trinajstić information content (AvgIpc) is 3.03. The molecule has 2 atom stereocenters. The zero-order valence-corrected chi connectivity index (χ0v) is 13.2. The van der Waals surface area contributed by atoms with E-state index in [0.29, 0.717) is 5.65 Å². The number of Topliss-reactive ketones (excluding diaryl/α,β-unsaturated/α-hetero) is 1. The number of aromatic nitrogens is 3. The van der Waals surface area contributed by atoms with Crippen LogP contribution in [0.5, 0.6) is 0 Å². The number of carbonyl (C=O) groups is 1. The van der Waals surface area contributed by atoms with E-state index in [2.05, 4.69) is 9.97 Å². The summed E-state index contributed by atoms with van der Waals surface area (Å²) in [5, 5.41) is 1.09. The van der Waals surface area contributed by atoms with Gasteiger partial charge < -0.3 is 10.7 Å². The molecule has 0 amide bonds. The molecule has 5 nitrogen and oxygen atoms in total. The maximum atomic E-state index is 13.3. The number of halogens is 1. The second kappa shape index (κ2) is 4.92. The molecule has 0 spiro atoms. The maximum Gasteiger partial charge on any atom is 0.189 e. The molecule has 0 aliphatic heterocycles. The first kappa shape index (κ1) is 14.2. The van der Waals surface area contributed by atoms with Crippen molar-refractivity contribution in [2.45, 2.75) is 12.6 Å². The lowest BCUT2D eigenvalue weighted by Gasteiger charge is -2.07. The summed E-state index contributed by atoms with van der Waals surface area (Å²) in [7, 11) is 0. The molecule has 4 aromatic rings. The second-order valence-corrected chi connectivity index (χ2v) is 6.46. The molecule has 1 aromatic carbocycles. The summed E-state index contributed by atoms with van der Waals surface area (Å²) < 4.78 is 15.0. The van der Waals surface area contributed by atoms with Gasteiger partial charge in [-0.3, -0.25) is 9.20 Å². The SMILES string of the molecule is Nc1nc2ccc(-c3cccc4[nH]ccc34)cn2c1C(=O)[C@@H]1C[C@@H]1F. The number of hydrogen-bond donors (Lipinski definition) is 2. The van der Waals surface area contributed by atoms with Gasteiger partial charge in [-0.2, -0.15) is 0 Å². The van der Waals surface area contributed by atoms with E-state index in [4.69, 9.17) is 5.73 Å². The Balaban J connectivity index is 1.71. The first-order valence-corrected chi connectivity index (χ1v) is 8.16. The predicted molar refractivity (Wildman–Crippen MR) is 94.2 cm³/mol.